The molecule has 5 nitrogen and oxygen atoms in total. The SMILES string of the molecule is O=C(Nc1ccccc1C(=O)NCC(F)(F)F)c1ccc2ccccc2n1. The summed E-state index contributed by atoms with van der Waals surface area (Å²) >= 11 is 0. The van der Waals surface area contributed by atoms with Crippen LogP contribution in [0.3, 0.4) is 0 Å². The van der Waals surface area contributed by atoms with Crippen LogP contribution in [0.1, 0.15) is 20.8 Å². The lowest BCUT2D eigenvalue weighted by molar-refractivity contribution is -0.123. The molecule has 27 heavy (non-hydrogen) atoms. The van der Waals surface area contributed by atoms with Gasteiger partial charge in [0.15, 0.2) is 0 Å². The first-order valence-electron chi connectivity index (χ1n) is 7.94. The summed E-state index contributed by atoms with van der Waals surface area (Å²) in [6, 6.07) is 16.3. The highest BCUT2D eigenvalue weighted by Gasteiger charge is 2.28. The molecule has 3 rings (SSSR count). The first kappa shape index (κ1) is 18.4. The maximum atomic E-state index is 12.5. The highest BCUT2D eigenvalue weighted by atomic mass is 19.4. The van der Waals surface area contributed by atoms with Crippen LogP contribution in [-0.4, -0.2) is 29.5 Å². The van der Waals surface area contributed by atoms with Crippen molar-refractivity contribution in [1.82, 2.24) is 10.3 Å². The number of nitrogens with zero attached hydrogens (tertiary/aromatic N) is 1. The van der Waals surface area contributed by atoms with Gasteiger partial charge in [-0.15, -0.1) is 0 Å². The summed E-state index contributed by atoms with van der Waals surface area (Å²) in [5, 5.41) is 5.17. The van der Waals surface area contributed by atoms with Crippen molar-refractivity contribution >= 4 is 28.4 Å². The monoisotopic (exact) mass is 373 g/mol. The van der Waals surface area contributed by atoms with Crippen LogP contribution in [0.4, 0.5) is 18.9 Å². The molecule has 2 N–H and O–H groups in total. The Labute approximate surface area is 152 Å². The second kappa shape index (κ2) is 7.45. The van der Waals surface area contributed by atoms with Gasteiger partial charge in [0, 0.05) is 5.39 Å². The molecule has 3 aromatic rings. The summed E-state index contributed by atoms with van der Waals surface area (Å²) in [5.41, 5.74) is 0.772. The molecule has 2 amide bonds. The van der Waals surface area contributed by atoms with Gasteiger partial charge in [0.25, 0.3) is 11.8 Å². The molecule has 0 spiro atoms. The number of anilines is 1. The largest absolute Gasteiger partial charge is 0.405 e. The van der Waals surface area contributed by atoms with Crippen molar-refractivity contribution in [2.75, 3.05) is 11.9 Å². The van der Waals surface area contributed by atoms with E-state index < -0.39 is 24.5 Å². The van der Waals surface area contributed by atoms with Crippen molar-refractivity contribution in [3.05, 3.63) is 71.9 Å². The number of rotatable bonds is 4. The Kier molecular flexibility index (Phi) is 5.07. The molecule has 1 heterocycles. The zero-order chi connectivity index (χ0) is 19.4. The smallest absolute Gasteiger partial charge is 0.343 e. The summed E-state index contributed by atoms with van der Waals surface area (Å²) in [4.78, 5) is 28.7. The molecule has 0 aliphatic heterocycles. The van der Waals surface area contributed by atoms with Gasteiger partial charge in [-0.2, -0.15) is 13.2 Å². The van der Waals surface area contributed by atoms with E-state index in [2.05, 4.69) is 10.3 Å². The molecule has 1 aromatic heterocycles. The lowest BCUT2D eigenvalue weighted by atomic mass is 10.1. The second-order valence-electron chi connectivity index (χ2n) is 5.69. The van der Waals surface area contributed by atoms with Gasteiger partial charge in [-0.1, -0.05) is 36.4 Å². The average Bonchev–Trinajstić information content (AvgIpc) is 2.65. The van der Waals surface area contributed by atoms with Crippen LogP contribution in [0, 0.1) is 0 Å². The first-order valence-corrected chi connectivity index (χ1v) is 7.94. The number of halogens is 3. The van der Waals surface area contributed by atoms with Gasteiger partial charge in [-0.3, -0.25) is 9.59 Å². The quantitative estimate of drug-likeness (QED) is 0.731. The van der Waals surface area contributed by atoms with E-state index in [1.807, 2.05) is 12.1 Å². The van der Waals surface area contributed by atoms with Crippen LogP contribution in [0.5, 0.6) is 0 Å². The highest BCUT2D eigenvalue weighted by Crippen LogP contribution is 2.18. The molecule has 0 bridgehead atoms. The van der Waals surface area contributed by atoms with E-state index >= 15 is 0 Å². The van der Waals surface area contributed by atoms with Crippen LogP contribution < -0.4 is 10.6 Å². The fraction of sp³-hybridized carbons (Fsp3) is 0.105. The molecule has 0 unspecified atom stereocenters. The Hall–Kier alpha value is -3.42. The summed E-state index contributed by atoms with van der Waals surface area (Å²) in [6.07, 6.45) is -4.52. The summed E-state index contributed by atoms with van der Waals surface area (Å²) in [6.45, 7) is -1.46. The van der Waals surface area contributed by atoms with Gasteiger partial charge >= 0.3 is 6.18 Å². The Morgan fingerprint density at radius 2 is 1.59 bits per heavy atom. The summed E-state index contributed by atoms with van der Waals surface area (Å²) in [5.74, 6) is -1.51. The number of para-hydroxylation sites is 2. The minimum absolute atomic E-state index is 0.0733. The molecule has 0 saturated carbocycles. The van der Waals surface area contributed by atoms with E-state index in [1.165, 1.54) is 24.3 Å². The van der Waals surface area contributed by atoms with Gasteiger partial charge in [-0.05, 0) is 24.3 Å². The lowest BCUT2D eigenvalue weighted by Crippen LogP contribution is -2.34. The van der Waals surface area contributed by atoms with Crippen molar-refractivity contribution < 1.29 is 22.8 Å². The molecule has 138 valence electrons. The van der Waals surface area contributed by atoms with E-state index in [0.717, 1.165) is 5.39 Å². The molecule has 2 aromatic carbocycles. The van der Waals surface area contributed by atoms with Gasteiger partial charge in [0.1, 0.15) is 12.2 Å². The van der Waals surface area contributed by atoms with E-state index in [9.17, 15) is 22.8 Å². The summed E-state index contributed by atoms with van der Waals surface area (Å²) < 4.78 is 36.9. The second-order valence-corrected chi connectivity index (χ2v) is 5.69. The number of hydrogen-bond acceptors (Lipinski definition) is 3. The lowest BCUT2D eigenvalue weighted by Gasteiger charge is -2.12. The third-order valence-corrected chi connectivity index (χ3v) is 3.70. The molecular formula is C19H14F3N3O2. The molecule has 0 radical (unpaired) electrons. The van der Waals surface area contributed by atoms with Crippen LogP contribution in [0.25, 0.3) is 10.9 Å². The fourth-order valence-corrected chi connectivity index (χ4v) is 2.44. The van der Waals surface area contributed by atoms with E-state index in [-0.39, 0.29) is 16.9 Å². The standard InChI is InChI=1S/C19H14F3N3O2/c20-19(21,22)11-23-17(26)13-6-2-4-8-15(13)25-18(27)16-10-9-12-5-1-3-7-14(12)24-16/h1-10H,11H2,(H,23,26)(H,25,27). The van der Waals surface area contributed by atoms with E-state index in [4.69, 9.17) is 0 Å². The predicted octanol–water partition coefficient (Wildman–Crippen LogP) is 3.78. The molecule has 8 heteroatoms. The predicted molar refractivity (Wildman–Crippen MR) is 94.5 cm³/mol. The number of alkyl halides is 3. The number of pyridine rings is 1. The van der Waals surface area contributed by atoms with Crippen LogP contribution in [0.2, 0.25) is 0 Å². The number of benzene rings is 2. The van der Waals surface area contributed by atoms with Crippen molar-refractivity contribution in [2.24, 2.45) is 0 Å². The van der Waals surface area contributed by atoms with Crippen molar-refractivity contribution in [3.8, 4) is 0 Å². The number of carbonyl (C=O) groups is 2. The Bertz CT molecular complexity index is 1000. The van der Waals surface area contributed by atoms with Gasteiger partial charge in [0.2, 0.25) is 0 Å². The maximum absolute atomic E-state index is 12.5. The molecule has 0 fully saturated rings. The minimum Gasteiger partial charge on any atom is -0.343 e. The Balaban J connectivity index is 1.80. The number of carbonyl (C=O) groups excluding carboxylic acids is 2. The minimum atomic E-state index is -4.52. The maximum Gasteiger partial charge on any atom is 0.405 e. The van der Waals surface area contributed by atoms with Crippen LogP contribution in [-0.2, 0) is 0 Å². The summed E-state index contributed by atoms with van der Waals surface area (Å²) in [7, 11) is 0. The average molecular weight is 373 g/mol. The third kappa shape index (κ3) is 4.60. The van der Waals surface area contributed by atoms with E-state index in [0.29, 0.717) is 5.52 Å². The molecule has 0 aliphatic carbocycles. The normalized spacial score (nSPS) is 11.2. The topological polar surface area (TPSA) is 71.1 Å². The Morgan fingerprint density at radius 3 is 2.37 bits per heavy atom. The van der Waals surface area contributed by atoms with Crippen molar-refractivity contribution in [1.29, 1.82) is 0 Å². The van der Waals surface area contributed by atoms with Crippen molar-refractivity contribution in [2.45, 2.75) is 6.18 Å². The molecule has 0 aliphatic rings. The highest BCUT2D eigenvalue weighted by molar-refractivity contribution is 6.08. The van der Waals surface area contributed by atoms with Gasteiger partial charge < -0.3 is 10.6 Å². The van der Waals surface area contributed by atoms with Gasteiger partial charge in [0.05, 0.1) is 16.8 Å². The zero-order valence-electron chi connectivity index (χ0n) is 13.9. The fourth-order valence-electron chi connectivity index (χ4n) is 2.44. The number of nitrogens with one attached hydrogen (secondary N) is 2. The number of fused-ring (bicyclic) bond motifs is 1. The first-order chi connectivity index (χ1) is 12.8. The number of amides is 2. The number of aromatic nitrogens is 1. The molecule has 0 saturated heterocycles. The van der Waals surface area contributed by atoms with Gasteiger partial charge in [-0.25, -0.2) is 4.98 Å². The van der Waals surface area contributed by atoms with Crippen molar-refractivity contribution in [3.63, 3.8) is 0 Å². The van der Waals surface area contributed by atoms with Crippen LogP contribution >= 0.6 is 0 Å². The van der Waals surface area contributed by atoms with E-state index in [1.54, 1.807) is 29.6 Å². The Morgan fingerprint density at radius 1 is 0.889 bits per heavy atom. The molecule has 0 atom stereocenters. The van der Waals surface area contributed by atoms with Crippen LogP contribution in [0.15, 0.2) is 60.7 Å². The third-order valence-electron chi connectivity index (χ3n) is 3.70. The number of hydrogen-bond donors (Lipinski definition) is 2. The zero-order valence-corrected chi connectivity index (χ0v) is 13.9. The molecular weight excluding hydrogens is 359 g/mol.